The second kappa shape index (κ2) is 8.45. The summed E-state index contributed by atoms with van der Waals surface area (Å²) in [6.07, 6.45) is 0. The summed E-state index contributed by atoms with van der Waals surface area (Å²) in [7, 11) is 0. The number of carboxylic acid groups (broad SMARTS) is 1. The highest BCUT2D eigenvalue weighted by atomic mass is 35.5. The second-order valence-electron chi connectivity index (χ2n) is 4.81. The molecule has 2 atom stereocenters. The molecular weight excluding hydrogens is 286 g/mol. The molecule has 0 fully saturated rings. The van der Waals surface area contributed by atoms with Crippen LogP contribution in [0.4, 0.5) is 0 Å². The number of carbonyl (C=O) groups is 1. The fourth-order valence-electron chi connectivity index (χ4n) is 1.68. The van der Waals surface area contributed by atoms with Crippen molar-refractivity contribution in [3.63, 3.8) is 0 Å². The highest BCUT2D eigenvalue weighted by Gasteiger charge is 2.12. The molecule has 0 bridgehead atoms. The van der Waals surface area contributed by atoms with Crippen LogP contribution in [0.3, 0.4) is 0 Å². The molecule has 2 rings (SSSR count). The van der Waals surface area contributed by atoms with E-state index in [1.807, 2.05) is 37.3 Å². The molecule has 3 nitrogen and oxygen atoms in total. The Morgan fingerprint density at radius 3 is 2.05 bits per heavy atom. The second-order valence-corrected chi connectivity index (χ2v) is 5.25. The predicted molar refractivity (Wildman–Crippen MR) is 86.5 cm³/mol. The average Bonchev–Trinajstić information content (AvgIpc) is 2.48. The van der Waals surface area contributed by atoms with Gasteiger partial charge < -0.3 is 10.8 Å². The zero-order valence-corrected chi connectivity index (χ0v) is 12.9. The van der Waals surface area contributed by atoms with Gasteiger partial charge in [0.2, 0.25) is 0 Å². The fraction of sp³-hybridized carbons (Fsp3) is 0.235. The lowest BCUT2D eigenvalue weighted by molar-refractivity contribution is -0.138. The van der Waals surface area contributed by atoms with E-state index in [0.29, 0.717) is 5.02 Å². The van der Waals surface area contributed by atoms with Crippen molar-refractivity contribution in [2.24, 2.45) is 5.73 Å². The molecule has 4 heteroatoms. The van der Waals surface area contributed by atoms with Crippen LogP contribution in [0.2, 0.25) is 5.02 Å². The van der Waals surface area contributed by atoms with E-state index in [4.69, 9.17) is 22.4 Å². The van der Waals surface area contributed by atoms with Gasteiger partial charge in [0, 0.05) is 11.1 Å². The summed E-state index contributed by atoms with van der Waals surface area (Å²) in [5.41, 5.74) is 7.54. The minimum absolute atomic E-state index is 0.159. The fourth-order valence-corrected chi connectivity index (χ4v) is 1.87. The van der Waals surface area contributed by atoms with Gasteiger partial charge in [-0.05, 0) is 37.1 Å². The molecule has 2 aromatic rings. The van der Waals surface area contributed by atoms with Gasteiger partial charge in [-0.1, -0.05) is 54.1 Å². The zero-order chi connectivity index (χ0) is 15.8. The number of carboxylic acids is 1. The monoisotopic (exact) mass is 305 g/mol. The van der Waals surface area contributed by atoms with Crippen LogP contribution >= 0.6 is 11.6 Å². The number of hydrogen-bond acceptors (Lipinski definition) is 2. The number of halogens is 1. The van der Waals surface area contributed by atoms with E-state index in [2.05, 4.69) is 0 Å². The summed E-state index contributed by atoms with van der Waals surface area (Å²) in [4.78, 5) is 10.6. The Morgan fingerprint density at radius 1 is 1.05 bits per heavy atom. The molecule has 0 unspecified atom stereocenters. The summed E-state index contributed by atoms with van der Waals surface area (Å²) in [5, 5.41) is 9.25. The van der Waals surface area contributed by atoms with Gasteiger partial charge in [0.15, 0.2) is 0 Å². The normalized spacial score (nSPS) is 12.8. The number of aliphatic carboxylic acids is 1. The van der Waals surface area contributed by atoms with Gasteiger partial charge in [0.25, 0.3) is 0 Å². The average molecular weight is 306 g/mol. The van der Waals surface area contributed by atoms with Crippen molar-refractivity contribution in [2.45, 2.75) is 25.8 Å². The summed E-state index contributed by atoms with van der Waals surface area (Å²) in [5.74, 6) is -1.33. The molecule has 0 spiro atoms. The van der Waals surface area contributed by atoms with E-state index >= 15 is 0 Å². The van der Waals surface area contributed by atoms with Crippen molar-refractivity contribution in [1.82, 2.24) is 0 Å². The summed E-state index contributed by atoms with van der Waals surface area (Å²) in [6, 6.07) is 17.1. The lowest BCUT2D eigenvalue weighted by Crippen LogP contribution is -2.06. The molecule has 0 aromatic heterocycles. The van der Waals surface area contributed by atoms with Crippen LogP contribution in [0.5, 0.6) is 0 Å². The first-order chi connectivity index (χ1) is 9.91. The lowest BCUT2D eigenvalue weighted by Gasteiger charge is -2.05. The topological polar surface area (TPSA) is 63.3 Å². The van der Waals surface area contributed by atoms with Gasteiger partial charge >= 0.3 is 5.97 Å². The van der Waals surface area contributed by atoms with E-state index in [1.54, 1.807) is 31.2 Å². The molecule has 0 amide bonds. The molecule has 0 radical (unpaired) electrons. The van der Waals surface area contributed by atoms with E-state index in [0.717, 1.165) is 5.56 Å². The van der Waals surface area contributed by atoms with Gasteiger partial charge in [-0.2, -0.15) is 0 Å². The quantitative estimate of drug-likeness (QED) is 0.891. The molecule has 0 saturated carbocycles. The molecule has 0 saturated heterocycles. The van der Waals surface area contributed by atoms with Crippen LogP contribution in [0.15, 0.2) is 54.6 Å². The first-order valence-corrected chi connectivity index (χ1v) is 7.08. The Bertz CT molecular complexity index is 570. The SMILES string of the molecule is C[C@@H](C(=O)O)c1cccc(Cl)c1.C[C@@H](N)c1ccccc1. The summed E-state index contributed by atoms with van der Waals surface area (Å²) >= 11 is 5.70. The number of hydrogen-bond donors (Lipinski definition) is 2. The van der Waals surface area contributed by atoms with Gasteiger partial charge in [0.1, 0.15) is 0 Å². The Labute approximate surface area is 130 Å². The highest BCUT2D eigenvalue weighted by Crippen LogP contribution is 2.19. The van der Waals surface area contributed by atoms with E-state index in [-0.39, 0.29) is 6.04 Å². The van der Waals surface area contributed by atoms with Gasteiger partial charge in [-0.3, -0.25) is 4.79 Å². The van der Waals surface area contributed by atoms with Crippen molar-refractivity contribution in [3.8, 4) is 0 Å². The van der Waals surface area contributed by atoms with Crippen LogP contribution in [-0.2, 0) is 4.79 Å². The third-order valence-corrected chi connectivity index (χ3v) is 3.28. The maximum atomic E-state index is 10.6. The van der Waals surface area contributed by atoms with Crippen molar-refractivity contribution >= 4 is 17.6 Å². The Kier molecular flexibility index (Phi) is 6.92. The minimum Gasteiger partial charge on any atom is -0.481 e. The molecule has 21 heavy (non-hydrogen) atoms. The largest absolute Gasteiger partial charge is 0.481 e. The van der Waals surface area contributed by atoms with Crippen LogP contribution in [0.1, 0.15) is 36.9 Å². The van der Waals surface area contributed by atoms with Crippen LogP contribution < -0.4 is 5.73 Å². The molecule has 112 valence electrons. The summed E-state index contributed by atoms with van der Waals surface area (Å²) in [6.45, 7) is 3.61. The third-order valence-electron chi connectivity index (χ3n) is 3.04. The Hall–Kier alpha value is -1.84. The first-order valence-electron chi connectivity index (χ1n) is 6.70. The Morgan fingerprint density at radius 2 is 1.62 bits per heavy atom. The minimum atomic E-state index is -0.836. The summed E-state index contributed by atoms with van der Waals surface area (Å²) < 4.78 is 0. The smallest absolute Gasteiger partial charge is 0.310 e. The molecule has 0 heterocycles. The molecule has 0 aliphatic heterocycles. The van der Waals surface area contributed by atoms with Gasteiger partial charge in [0.05, 0.1) is 5.92 Å². The molecule has 3 N–H and O–H groups in total. The number of benzene rings is 2. The maximum absolute atomic E-state index is 10.6. The number of rotatable bonds is 3. The van der Waals surface area contributed by atoms with E-state index in [9.17, 15) is 4.79 Å². The van der Waals surface area contributed by atoms with E-state index < -0.39 is 11.9 Å². The predicted octanol–water partition coefficient (Wildman–Crippen LogP) is 4.23. The van der Waals surface area contributed by atoms with Crippen LogP contribution in [-0.4, -0.2) is 11.1 Å². The maximum Gasteiger partial charge on any atom is 0.310 e. The van der Waals surface area contributed by atoms with Crippen LogP contribution in [0, 0.1) is 0 Å². The van der Waals surface area contributed by atoms with Crippen molar-refractivity contribution in [1.29, 1.82) is 0 Å². The third kappa shape index (κ3) is 5.98. The Balaban J connectivity index is 0.000000219. The standard InChI is InChI=1S/C9H9ClO2.C8H11N/c1-6(9(11)12)7-3-2-4-8(10)5-7;1-7(9)8-5-3-2-4-6-8/h2-6H,1H3,(H,11,12);2-7H,9H2,1H3/t6-;7-/m11/s1. The van der Waals surface area contributed by atoms with Crippen molar-refractivity contribution in [2.75, 3.05) is 0 Å². The van der Waals surface area contributed by atoms with Gasteiger partial charge in [-0.15, -0.1) is 0 Å². The van der Waals surface area contributed by atoms with Crippen LogP contribution in [0.25, 0.3) is 0 Å². The van der Waals surface area contributed by atoms with Crippen molar-refractivity contribution in [3.05, 3.63) is 70.7 Å². The van der Waals surface area contributed by atoms with E-state index in [1.165, 1.54) is 5.56 Å². The molecule has 2 aromatic carbocycles. The van der Waals surface area contributed by atoms with Crippen molar-refractivity contribution < 1.29 is 9.90 Å². The molecule has 0 aliphatic carbocycles. The first kappa shape index (κ1) is 17.2. The highest BCUT2D eigenvalue weighted by molar-refractivity contribution is 6.30. The molecule has 0 aliphatic rings. The number of nitrogens with two attached hydrogens (primary N) is 1. The van der Waals surface area contributed by atoms with Gasteiger partial charge in [-0.25, -0.2) is 0 Å². The molecular formula is C17H20ClNO2. The lowest BCUT2D eigenvalue weighted by atomic mass is 10.0. The zero-order valence-electron chi connectivity index (χ0n) is 12.2.